The van der Waals surface area contributed by atoms with E-state index < -0.39 is 23.7 Å². The molecule has 3 N–H and O–H groups in total. The fourth-order valence-electron chi connectivity index (χ4n) is 2.91. The zero-order valence-electron chi connectivity index (χ0n) is 14.7. The third-order valence-electron chi connectivity index (χ3n) is 4.34. The second kappa shape index (κ2) is 7.61. The first kappa shape index (κ1) is 17.9. The van der Waals surface area contributed by atoms with Gasteiger partial charge in [-0.15, -0.1) is 0 Å². The molecule has 1 aliphatic rings. The lowest BCUT2D eigenvalue weighted by Crippen LogP contribution is -2.96. The van der Waals surface area contributed by atoms with E-state index in [0.717, 1.165) is 5.56 Å². The Morgan fingerprint density at radius 1 is 1.21 bits per heavy atom. The third kappa shape index (κ3) is 3.91. The van der Waals surface area contributed by atoms with Gasteiger partial charge in [-0.2, -0.15) is 0 Å². The summed E-state index contributed by atoms with van der Waals surface area (Å²) in [5.74, 6) is -0.485. The van der Waals surface area contributed by atoms with E-state index in [1.807, 2.05) is 30.3 Å². The van der Waals surface area contributed by atoms with E-state index >= 15 is 0 Å². The lowest BCUT2D eigenvalue weighted by Gasteiger charge is -2.08. The summed E-state index contributed by atoms with van der Waals surface area (Å²) in [5, 5.41) is 7.61. The Morgan fingerprint density at radius 2 is 2.04 bits per heavy atom. The molecule has 1 unspecified atom stereocenters. The van der Waals surface area contributed by atoms with Gasteiger partial charge in [-0.1, -0.05) is 35.5 Å². The highest BCUT2D eigenvalue weighted by atomic mass is 19.1. The summed E-state index contributed by atoms with van der Waals surface area (Å²) in [4.78, 5) is 24.9. The second-order valence-electron chi connectivity index (χ2n) is 6.42. The molecule has 0 fully saturated rings. The van der Waals surface area contributed by atoms with Crippen LogP contribution in [0.3, 0.4) is 0 Å². The molecule has 8 heteroatoms. The van der Waals surface area contributed by atoms with Crippen molar-refractivity contribution < 1.29 is 28.6 Å². The smallest absolute Gasteiger partial charge is 0.365 e. The Bertz CT molecular complexity index is 1020. The molecule has 142 valence electrons. The number of nitrogens with one attached hydrogen (secondary N) is 1. The molecule has 3 aromatic rings. The molecule has 0 saturated heterocycles. The van der Waals surface area contributed by atoms with Gasteiger partial charge in [0.15, 0.2) is 0 Å². The minimum Gasteiger partial charge on any atom is -0.485 e. The normalized spacial score (nSPS) is 15.9. The molecule has 0 bridgehead atoms. The Hall–Kier alpha value is -3.52. The first-order valence-corrected chi connectivity index (χ1v) is 8.70. The van der Waals surface area contributed by atoms with Crippen molar-refractivity contribution in [3.05, 3.63) is 77.4 Å². The van der Waals surface area contributed by atoms with Gasteiger partial charge < -0.3 is 14.6 Å². The molecular formula is C20H17FN3O4+. The van der Waals surface area contributed by atoms with Gasteiger partial charge in [-0.3, -0.25) is 10.1 Å². The number of aromatic nitrogens is 1. The molecule has 2 heterocycles. The van der Waals surface area contributed by atoms with Crippen molar-refractivity contribution in [3.8, 4) is 5.75 Å². The molecule has 0 aliphatic carbocycles. The van der Waals surface area contributed by atoms with Crippen molar-refractivity contribution in [2.24, 2.45) is 0 Å². The summed E-state index contributed by atoms with van der Waals surface area (Å²) in [6.45, 7) is -0.0368. The number of hydrogen-bond donors (Lipinski definition) is 2. The Balaban J connectivity index is 1.42. The second-order valence-corrected chi connectivity index (χ2v) is 6.42. The minimum atomic E-state index is -0.836. The summed E-state index contributed by atoms with van der Waals surface area (Å²) < 4.78 is 24.1. The van der Waals surface area contributed by atoms with Gasteiger partial charge in [0.05, 0.1) is 5.69 Å². The topological polar surface area (TPSA) is 98.0 Å². The number of carbonyl (C=O) groups is 2. The van der Waals surface area contributed by atoms with Crippen LogP contribution in [-0.2, 0) is 11.2 Å². The maximum atomic E-state index is 13.4. The maximum Gasteiger partial charge on any atom is 0.365 e. The van der Waals surface area contributed by atoms with Crippen LogP contribution in [-0.4, -0.2) is 29.6 Å². The van der Waals surface area contributed by atoms with Crippen LogP contribution in [0.1, 0.15) is 21.8 Å². The maximum absolute atomic E-state index is 13.4. The number of halogens is 1. The number of rotatable bonds is 4. The Morgan fingerprint density at radius 3 is 2.86 bits per heavy atom. The van der Waals surface area contributed by atoms with Crippen LogP contribution in [0, 0.1) is 5.82 Å². The number of carbonyl (C=O) groups excluding carboxylic acids is 2. The first-order chi connectivity index (χ1) is 13.6. The van der Waals surface area contributed by atoms with Gasteiger partial charge in [0.1, 0.15) is 23.9 Å². The predicted octanol–water partition coefficient (Wildman–Crippen LogP) is 1.51. The molecule has 1 aromatic heterocycles. The van der Waals surface area contributed by atoms with Crippen molar-refractivity contribution in [1.29, 1.82) is 0 Å². The largest absolute Gasteiger partial charge is 0.485 e. The number of hydrogen-bond acceptors (Lipinski definition) is 5. The van der Waals surface area contributed by atoms with Gasteiger partial charge in [-0.05, 0) is 17.7 Å². The number of quaternary nitrogens is 1. The number of anilines is 1. The number of amides is 2. The van der Waals surface area contributed by atoms with Crippen LogP contribution in [0.25, 0.3) is 0 Å². The fourth-order valence-corrected chi connectivity index (χ4v) is 2.91. The number of nitrogens with two attached hydrogens (primary N) is 1. The predicted molar refractivity (Wildman–Crippen MR) is 96.3 cm³/mol. The lowest BCUT2D eigenvalue weighted by atomic mass is 10.1. The van der Waals surface area contributed by atoms with Crippen molar-refractivity contribution in [2.75, 3.05) is 11.9 Å². The number of fused-ring (bicyclic) bond motifs is 1. The molecule has 1 atom stereocenters. The molecule has 7 nitrogen and oxygen atoms in total. The zero-order chi connectivity index (χ0) is 19.5. The van der Waals surface area contributed by atoms with E-state index in [-0.39, 0.29) is 18.0 Å². The zero-order valence-corrected chi connectivity index (χ0v) is 14.7. The van der Waals surface area contributed by atoms with Crippen molar-refractivity contribution in [3.63, 3.8) is 0 Å². The van der Waals surface area contributed by atoms with Crippen LogP contribution < -0.4 is 15.4 Å². The van der Waals surface area contributed by atoms with Gasteiger partial charge in [0, 0.05) is 18.6 Å². The van der Waals surface area contributed by atoms with E-state index in [9.17, 15) is 14.0 Å². The summed E-state index contributed by atoms with van der Waals surface area (Å²) in [6.07, 6.45) is 0.509. The Labute approximate surface area is 159 Å². The SMILES string of the molecule is O=C([NH2+]C1COc2ccc(F)cc2NC1=O)c1cc(Cc2ccccc2)on1. The number of benzene rings is 2. The Kier molecular flexibility index (Phi) is 4.86. The van der Waals surface area contributed by atoms with E-state index in [0.29, 0.717) is 17.9 Å². The molecule has 2 aromatic carbocycles. The average molecular weight is 382 g/mol. The third-order valence-corrected chi connectivity index (χ3v) is 4.34. The fraction of sp³-hybridized carbons (Fsp3) is 0.150. The lowest BCUT2D eigenvalue weighted by molar-refractivity contribution is -0.581. The molecule has 1 aliphatic heterocycles. The summed E-state index contributed by atoms with van der Waals surface area (Å²) in [6, 6.07) is 14.2. The van der Waals surface area contributed by atoms with Crippen LogP contribution in [0.2, 0.25) is 0 Å². The van der Waals surface area contributed by atoms with Gasteiger partial charge in [0.25, 0.3) is 5.91 Å². The van der Waals surface area contributed by atoms with Crippen molar-refractivity contribution >= 4 is 17.5 Å². The van der Waals surface area contributed by atoms with Gasteiger partial charge in [-0.25, -0.2) is 9.18 Å². The van der Waals surface area contributed by atoms with Crippen LogP contribution in [0.4, 0.5) is 10.1 Å². The highest BCUT2D eigenvalue weighted by molar-refractivity contribution is 5.97. The number of nitrogens with zero attached hydrogens (tertiary/aromatic N) is 1. The van der Waals surface area contributed by atoms with E-state index in [1.165, 1.54) is 23.5 Å². The number of ether oxygens (including phenoxy) is 1. The highest BCUT2D eigenvalue weighted by Crippen LogP contribution is 2.27. The molecule has 0 saturated carbocycles. The van der Waals surface area contributed by atoms with Crippen LogP contribution >= 0.6 is 0 Å². The van der Waals surface area contributed by atoms with E-state index in [4.69, 9.17) is 9.26 Å². The van der Waals surface area contributed by atoms with Crippen molar-refractivity contribution in [2.45, 2.75) is 12.5 Å². The van der Waals surface area contributed by atoms with E-state index in [1.54, 1.807) is 6.07 Å². The van der Waals surface area contributed by atoms with Crippen LogP contribution in [0.5, 0.6) is 5.75 Å². The molecule has 2 amide bonds. The molecule has 28 heavy (non-hydrogen) atoms. The summed E-state index contributed by atoms with van der Waals surface area (Å²) in [7, 11) is 0. The molecule has 0 spiro atoms. The molecule has 0 radical (unpaired) electrons. The van der Waals surface area contributed by atoms with Crippen LogP contribution in [0.15, 0.2) is 59.1 Å². The molecular weight excluding hydrogens is 365 g/mol. The van der Waals surface area contributed by atoms with Gasteiger partial charge >= 0.3 is 5.91 Å². The van der Waals surface area contributed by atoms with Crippen molar-refractivity contribution in [1.82, 2.24) is 5.16 Å². The summed E-state index contributed by atoms with van der Waals surface area (Å²) in [5.41, 5.74) is 1.38. The number of primary amides is 1. The quantitative estimate of drug-likeness (QED) is 0.713. The monoisotopic (exact) mass is 382 g/mol. The highest BCUT2D eigenvalue weighted by Gasteiger charge is 2.32. The summed E-state index contributed by atoms with van der Waals surface area (Å²) >= 11 is 0. The average Bonchev–Trinajstić information content (AvgIpc) is 3.09. The standard InChI is InChI=1S/C20H16FN3O4/c21-13-6-7-18-15(9-13)22-20(26)17(11-27-18)23-19(25)16-10-14(28-24-16)8-12-4-2-1-3-5-12/h1-7,9-10,17H,8,11H2,(H,22,26)(H,23,25)/p+1. The first-order valence-electron chi connectivity index (χ1n) is 8.70. The molecule has 4 rings (SSSR count). The van der Waals surface area contributed by atoms with Gasteiger partial charge in [0.2, 0.25) is 11.7 Å². The minimum absolute atomic E-state index is 0.0368. The van der Waals surface area contributed by atoms with E-state index in [2.05, 4.69) is 10.5 Å².